The smallest absolute Gasteiger partial charge is 0.305 e. The third-order valence-corrected chi connectivity index (χ3v) is 10.9. The van der Waals surface area contributed by atoms with Gasteiger partial charge in [-0.25, -0.2) is 0 Å². The molecule has 2 aliphatic heterocycles. The molecule has 0 aromatic heterocycles. The summed E-state index contributed by atoms with van der Waals surface area (Å²) in [6.07, 6.45) is 4.90. The number of likely N-dealkylation sites (tertiary alicyclic amines) is 1. The molecule has 6 atom stereocenters. The monoisotopic (exact) mass is 567 g/mol. The molecule has 1 saturated carbocycles. The minimum absolute atomic E-state index is 0.0519. The first-order valence-electron chi connectivity index (χ1n) is 14.7. The number of nitrogens with zero attached hydrogens (tertiary/aromatic N) is 1. The summed E-state index contributed by atoms with van der Waals surface area (Å²) >= 11 is 0. The molecule has 5 rings (SSSR count). The van der Waals surface area contributed by atoms with Crippen molar-refractivity contribution >= 4 is 11.8 Å². The molecular formula is C33H45NO7. The first-order chi connectivity index (χ1) is 18.9. The van der Waals surface area contributed by atoms with Crippen LogP contribution in [0.4, 0.5) is 0 Å². The minimum atomic E-state index is -2.26. The van der Waals surface area contributed by atoms with Crippen molar-refractivity contribution in [2.75, 3.05) is 13.1 Å². The number of esters is 1. The maximum Gasteiger partial charge on any atom is 0.305 e. The van der Waals surface area contributed by atoms with Crippen LogP contribution in [0.15, 0.2) is 54.6 Å². The SMILES string of the molecule is C=C[C@@]1(C)CC(=O)[C@]2(O)[C@]3(C)C(=C[C@H](N4CCC(O)(c5ccccc5)CC4)[C@@]2(C)O1)C(C)(C)CC[C@@]3(O)OC(C)=O. The van der Waals surface area contributed by atoms with Crippen molar-refractivity contribution in [2.45, 2.75) is 108 Å². The zero-order chi connectivity index (χ0) is 30.3. The van der Waals surface area contributed by atoms with Crippen molar-refractivity contribution in [2.24, 2.45) is 10.8 Å². The van der Waals surface area contributed by atoms with Crippen LogP contribution in [-0.2, 0) is 24.7 Å². The zero-order valence-corrected chi connectivity index (χ0v) is 25.2. The molecule has 0 amide bonds. The molecule has 3 N–H and O–H groups in total. The summed E-state index contributed by atoms with van der Waals surface area (Å²) in [6, 6.07) is 9.04. The van der Waals surface area contributed by atoms with Crippen molar-refractivity contribution in [3.8, 4) is 0 Å². The molecule has 1 aromatic carbocycles. The van der Waals surface area contributed by atoms with Crippen molar-refractivity contribution in [1.29, 1.82) is 0 Å². The number of ether oxygens (including phenoxy) is 2. The molecular weight excluding hydrogens is 522 g/mol. The van der Waals surface area contributed by atoms with Crippen molar-refractivity contribution in [1.82, 2.24) is 4.90 Å². The topological polar surface area (TPSA) is 117 Å². The summed E-state index contributed by atoms with van der Waals surface area (Å²) in [5.74, 6) is -3.33. The van der Waals surface area contributed by atoms with Crippen LogP contribution in [0, 0.1) is 10.8 Å². The standard InChI is InChI=1S/C33H45NO7/c1-8-28(5)21-26(36)33(39)29(6)24(27(3,4)14-15-32(29,38)40-22(2)35)20-25(30(33,7)41-28)34-18-16-31(37,17-19-34)23-12-10-9-11-13-23/h8-13,20,25,37-39H,1,14-19,21H2,2-7H3/t25-,28-,29+,30+,32+,33-/m0/s1. The molecule has 41 heavy (non-hydrogen) atoms. The molecule has 0 spiro atoms. The van der Waals surface area contributed by atoms with Gasteiger partial charge >= 0.3 is 5.97 Å². The Hall–Kier alpha value is -2.36. The molecule has 0 bridgehead atoms. The third kappa shape index (κ3) is 4.05. The van der Waals surface area contributed by atoms with E-state index in [-0.39, 0.29) is 12.8 Å². The van der Waals surface area contributed by atoms with E-state index in [0.29, 0.717) is 37.9 Å². The summed E-state index contributed by atoms with van der Waals surface area (Å²) in [5, 5.41) is 36.7. The van der Waals surface area contributed by atoms with Gasteiger partial charge in [0.2, 0.25) is 5.79 Å². The van der Waals surface area contributed by atoms with E-state index in [1.54, 1.807) is 26.8 Å². The summed E-state index contributed by atoms with van der Waals surface area (Å²) in [5.41, 5.74) is -6.59. The molecule has 1 aromatic rings. The number of hydrogen-bond donors (Lipinski definition) is 3. The van der Waals surface area contributed by atoms with Gasteiger partial charge in [0.05, 0.1) is 22.7 Å². The predicted molar refractivity (Wildman–Crippen MR) is 154 cm³/mol. The largest absolute Gasteiger partial charge is 0.432 e. The Morgan fingerprint density at radius 1 is 1.02 bits per heavy atom. The molecule has 2 heterocycles. The fourth-order valence-electron chi connectivity index (χ4n) is 8.48. The van der Waals surface area contributed by atoms with E-state index >= 15 is 0 Å². The Labute approximate surface area is 243 Å². The van der Waals surface area contributed by atoms with E-state index in [9.17, 15) is 24.9 Å². The van der Waals surface area contributed by atoms with Gasteiger partial charge in [-0.2, -0.15) is 0 Å². The van der Waals surface area contributed by atoms with Crippen LogP contribution in [0.5, 0.6) is 0 Å². The molecule has 8 nitrogen and oxygen atoms in total. The van der Waals surface area contributed by atoms with Crippen molar-refractivity contribution in [3.05, 3.63) is 60.2 Å². The number of ketones is 1. The first-order valence-corrected chi connectivity index (χ1v) is 14.7. The Bertz CT molecular complexity index is 1280. The van der Waals surface area contributed by atoms with Crippen LogP contribution in [-0.4, -0.2) is 73.7 Å². The second-order valence-electron chi connectivity index (χ2n) is 13.9. The van der Waals surface area contributed by atoms with Crippen LogP contribution in [0.3, 0.4) is 0 Å². The number of carbonyl (C=O) groups excluding carboxylic acids is 2. The normalized spacial score (nSPS) is 41.9. The second kappa shape index (κ2) is 9.32. The first kappa shape index (κ1) is 30.1. The van der Waals surface area contributed by atoms with Gasteiger partial charge in [-0.1, -0.05) is 61.9 Å². The maximum absolute atomic E-state index is 14.4. The summed E-state index contributed by atoms with van der Waals surface area (Å²) in [4.78, 5) is 28.9. The van der Waals surface area contributed by atoms with E-state index in [2.05, 4.69) is 11.5 Å². The molecule has 3 fully saturated rings. The predicted octanol–water partition coefficient (Wildman–Crippen LogP) is 3.78. The average Bonchev–Trinajstić information content (AvgIpc) is 2.90. The van der Waals surface area contributed by atoms with Gasteiger partial charge in [0.15, 0.2) is 11.4 Å². The number of carbonyl (C=O) groups is 2. The van der Waals surface area contributed by atoms with Crippen molar-refractivity contribution < 1.29 is 34.4 Å². The highest BCUT2D eigenvalue weighted by atomic mass is 16.7. The number of fused-ring (bicyclic) bond motifs is 3. The lowest BCUT2D eigenvalue weighted by Gasteiger charge is -2.70. The van der Waals surface area contributed by atoms with Gasteiger partial charge in [0.1, 0.15) is 5.60 Å². The van der Waals surface area contributed by atoms with Gasteiger partial charge in [-0.05, 0) is 51.0 Å². The highest BCUT2D eigenvalue weighted by Crippen LogP contribution is 2.68. The van der Waals surface area contributed by atoms with Gasteiger partial charge in [-0.3, -0.25) is 14.5 Å². The number of piperidine rings is 1. The number of Topliss-reactive ketones (excluding diaryl/α,β-unsaturated/α-hetero) is 1. The highest BCUT2D eigenvalue weighted by Gasteiger charge is 2.80. The summed E-state index contributed by atoms with van der Waals surface area (Å²) in [6.45, 7) is 15.3. The van der Waals surface area contributed by atoms with Gasteiger partial charge < -0.3 is 24.8 Å². The quantitative estimate of drug-likeness (QED) is 0.286. The van der Waals surface area contributed by atoms with Gasteiger partial charge in [0, 0.05) is 32.9 Å². The molecule has 224 valence electrons. The lowest BCUT2D eigenvalue weighted by molar-refractivity contribution is -0.351. The maximum atomic E-state index is 14.4. The Kier molecular flexibility index (Phi) is 6.84. The van der Waals surface area contributed by atoms with Crippen LogP contribution in [0.25, 0.3) is 0 Å². The zero-order valence-electron chi connectivity index (χ0n) is 25.2. The fourth-order valence-corrected chi connectivity index (χ4v) is 8.48. The number of aliphatic hydroxyl groups is 3. The minimum Gasteiger partial charge on any atom is -0.432 e. The second-order valence-corrected chi connectivity index (χ2v) is 13.9. The van der Waals surface area contributed by atoms with E-state index in [0.717, 1.165) is 5.56 Å². The lowest BCUT2D eigenvalue weighted by Crippen LogP contribution is -2.84. The Balaban J connectivity index is 1.68. The molecule has 8 heteroatoms. The molecule has 0 unspecified atom stereocenters. The lowest BCUT2D eigenvalue weighted by atomic mass is 9.43. The highest BCUT2D eigenvalue weighted by molar-refractivity contribution is 5.93. The average molecular weight is 568 g/mol. The number of hydrogen-bond acceptors (Lipinski definition) is 8. The molecule has 2 aliphatic carbocycles. The molecule has 0 radical (unpaired) electrons. The Morgan fingerprint density at radius 2 is 1.63 bits per heavy atom. The third-order valence-electron chi connectivity index (χ3n) is 10.9. The number of rotatable bonds is 4. The summed E-state index contributed by atoms with van der Waals surface area (Å²) < 4.78 is 12.4. The summed E-state index contributed by atoms with van der Waals surface area (Å²) in [7, 11) is 0. The van der Waals surface area contributed by atoms with Gasteiger partial charge in [-0.15, -0.1) is 6.58 Å². The van der Waals surface area contributed by atoms with Crippen LogP contribution >= 0.6 is 0 Å². The van der Waals surface area contributed by atoms with E-state index in [1.165, 1.54) is 6.92 Å². The van der Waals surface area contributed by atoms with Crippen LogP contribution in [0.2, 0.25) is 0 Å². The van der Waals surface area contributed by atoms with Crippen LogP contribution in [0.1, 0.15) is 79.2 Å². The van der Waals surface area contributed by atoms with Crippen LogP contribution < -0.4 is 0 Å². The van der Waals surface area contributed by atoms with E-state index in [4.69, 9.17) is 9.47 Å². The van der Waals surface area contributed by atoms with Crippen molar-refractivity contribution in [3.63, 3.8) is 0 Å². The van der Waals surface area contributed by atoms with Gasteiger partial charge in [0.25, 0.3) is 0 Å². The number of benzene rings is 1. The molecule has 2 saturated heterocycles. The fraction of sp³-hybridized carbons (Fsp3) is 0.636. The van der Waals surface area contributed by atoms with E-state index in [1.807, 2.05) is 50.3 Å². The molecule has 4 aliphatic rings. The Morgan fingerprint density at radius 3 is 2.20 bits per heavy atom. The van der Waals surface area contributed by atoms with E-state index < -0.39 is 56.8 Å².